The third-order valence-electron chi connectivity index (χ3n) is 3.20. The van der Waals surface area contributed by atoms with Crippen molar-refractivity contribution in [3.05, 3.63) is 24.3 Å². The largest absolute Gasteiger partial charge is 0.322 e. The van der Waals surface area contributed by atoms with Crippen molar-refractivity contribution < 1.29 is 9.42 Å². The zero-order valence-electron chi connectivity index (χ0n) is 12.7. The molecule has 3 rings (SSSR count). The number of nitrogens with one attached hydrogen (secondary N) is 1. The molecule has 0 aliphatic carbocycles. The summed E-state index contributed by atoms with van der Waals surface area (Å²) in [6, 6.07) is 7.87. The molecule has 2 aromatic heterocycles. The van der Waals surface area contributed by atoms with Crippen LogP contribution in [0.5, 0.6) is 0 Å². The average Bonchev–Trinajstić information content (AvgIpc) is 3.03. The first-order valence-corrected chi connectivity index (χ1v) is 7.12. The van der Waals surface area contributed by atoms with Crippen molar-refractivity contribution in [3.63, 3.8) is 0 Å². The van der Waals surface area contributed by atoms with Crippen molar-refractivity contribution in [2.45, 2.75) is 27.3 Å². The van der Waals surface area contributed by atoms with Gasteiger partial charge in [0.2, 0.25) is 11.7 Å². The second kappa shape index (κ2) is 5.59. The van der Waals surface area contributed by atoms with Gasteiger partial charge in [-0.2, -0.15) is 0 Å². The first-order valence-electron chi connectivity index (χ1n) is 7.12. The third kappa shape index (κ3) is 2.57. The Balaban J connectivity index is 2.18. The van der Waals surface area contributed by atoms with Crippen molar-refractivity contribution in [1.29, 1.82) is 0 Å². The molecule has 0 spiro atoms. The van der Waals surface area contributed by atoms with Gasteiger partial charge < -0.3 is 9.88 Å². The van der Waals surface area contributed by atoms with Crippen LogP contribution in [-0.2, 0) is 11.3 Å². The fourth-order valence-corrected chi connectivity index (χ4v) is 2.39. The Labute approximate surface area is 127 Å². The molecule has 7 nitrogen and oxygen atoms in total. The van der Waals surface area contributed by atoms with E-state index in [0.29, 0.717) is 17.4 Å². The SMILES string of the molecule is CC(=O)Nc1nonc1-c1nc2ccccc2n1CC(C)C. The number of aromatic nitrogens is 4. The molecule has 0 saturated heterocycles. The summed E-state index contributed by atoms with van der Waals surface area (Å²) < 4.78 is 6.86. The molecule has 0 aliphatic heterocycles. The Morgan fingerprint density at radius 2 is 2.09 bits per heavy atom. The van der Waals surface area contributed by atoms with Gasteiger partial charge in [-0.05, 0) is 28.4 Å². The average molecular weight is 299 g/mol. The Kier molecular flexibility index (Phi) is 3.62. The molecule has 0 unspecified atom stereocenters. The van der Waals surface area contributed by atoms with E-state index in [1.165, 1.54) is 6.92 Å². The minimum absolute atomic E-state index is 0.233. The van der Waals surface area contributed by atoms with E-state index in [1.54, 1.807) is 0 Å². The summed E-state index contributed by atoms with van der Waals surface area (Å²) >= 11 is 0. The van der Waals surface area contributed by atoms with Crippen LogP contribution < -0.4 is 5.32 Å². The first-order chi connectivity index (χ1) is 10.6. The highest BCUT2D eigenvalue weighted by molar-refractivity contribution is 5.91. The Bertz CT molecular complexity index is 818. The molecule has 0 fully saturated rings. The molecule has 0 aliphatic rings. The number of rotatable bonds is 4. The van der Waals surface area contributed by atoms with Crippen molar-refractivity contribution in [2.24, 2.45) is 5.92 Å². The van der Waals surface area contributed by atoms with E-state index in [0.717, 1.165) is 17.6 Å². The molecular formula is C15H17N5O2. The number of hydrogen-bond donors (Lipinski definition) is 1. The second-order valence-corrected chi connectivity index (χ2v) is 5.57. The molecule has 114 valence electrons. The van der Waals surface area contributed by atoms with Gasteiger partial charge in [-0.1, -0.05) is 26.0 Å². The molecule has 2 heterocycles. The number of imidazole rings is 1. The minimum atomic E-state index is -0.233. The number of nitrogens with zero attached hydrogens (tertiary/aromatic N) is 4. The van der Waals surface area contributed by atoms with Gasteiger partial charge in [0, 0.05) is 13.5 Å². The van der Waals surface area contributed by atoms with Crippen LogP contribution in [0, 0.1) is 5.92 Å². The van der Waals surface area contributed by atoms with Crippen molar-refractivity contribution in [3.8, 4) is 11.5 Å². The van der Waals surface area contributed by atoms with E-state index in [9.17, 15) is 4.79 Å². The predicted octanol–water partition coefficient (Wildman–Crippen LogP) is 2.70. The number of benzene rings is 1. The summed E-state index contributed by atoms with van der Waals surface area (Å²) in [4.78, 5) is 15.9. The van der Waals surface area contributed by atoms with E-state index < -0.39 is 0 Å². The lowest BCUT2D eigenvalue weighted by molar-refractivity contribution is -0.114. The van der Waals surface area contributed by atoms with Gasteiger partial charge in [-0.3, -0.25) is 4.79 Å². The first kappa shape index (κ1) is 14.2. The summed E-state index contributed by atoms with van der Waals surface area (Å²) in [6.45, 7) is 6.46. The molecule has 0 atom stereocenters. The predicted molar refractivity (Wildman–Crippen MR) is 82.2 cm³/mol. The number of carbonyl (C=O) groups excluding carboxylic acids is 1. The zero-order chi connectivity index (χ0) is 15.7. The molecule has 7 heteroatoms. The molecule has 1 N–H and O–H groups in total. The lowest BCUT2D eigenvalue weighted by Gasteiger charge is -2.10. The van der Waals surface area contributed by atoms with E-state index in [-0.39, 0.29) is 11.7 Å². The minimum Gasteiger partial charge on any atom is -0.322 e. The van der Waals surface area contributed by atoms with Crippen LogP contribution in [-0.4, -0.2) is 25.8 Å². The molecular weight excluding hydrogens is 282 g/mol. The maximum absolute atomic E-state index is 11.3. The van der Waals surface area contributed by atoms with Crippen LogP contribution in [0.3, 0.4) is 0 Å². The molecule has 1 aromatic carbocycles. The van der Waals surface area contributed by atoms with Crippen LogP contribution in [0.1, 0.15) is 20.8 Å². The summed E-state index contributed by atoms with van der Waals surface area (Å²) in [5.41, 5.74) is 2.32. The highest BCUT2D eigenvalue weighted by Crippen LogP contribution is 2.28. The van der Waals surface area contributed by atoms with Gasteiger partial charge in [0.25, 0.3) is 0 Å². The fourth-order valence-electron chi connectivity index (χ4n) is 2.39. The molecule has 0 saturated carbocycles. The van der Waals surface area contributed by atoms with E-state index in [1.807, 2.05) is 24.3 Å². The van der Waals surface area contributed by atoms with Crippen LogP contribution in [0.25, 0.3) is 22.6 Å². The maximum Gasteiger partial charge on any atom is 0.222 e. The van der Waals surface area contributed by atoms with Gasteiger partial charge in [0.05, 0.1) is 11.0 Å². The second-order valence-electron chi connectivity index (χ2n) is 5.57. The van der Waals surface area contributed by atoms with Gasteiger partial charge >= 0.3 is 0 Å². The number of anilines is 1. The van der Waals surface area contributed by atoms with E-state index >= 15 is 0 Å². The molecule has 0 radical (unpaired) electrons. The highest BCUT2D eigenvalue weighted by atomic mass is 16.6. The lowest BCUT2D eigenvalue weighted by atomic mass is 10.2. The third-order valence-corrected chi connectivity index (χ3v) is 3.20. The number of hydrogen-bond acceptors (Lipinski definition) is 5. The van der Waals surface area contributed by atoms with Crippen LogP contribution in [0.4, 0.5) is 5.82 Å². The number of amides is 1. The number of fused-ring (bicyclic) bond motifs is 1. The molecule has 0 bridgehead atoms. The topological polar surface area (TPSA) is 85.8 Å². The fraction of sp³-hybridized carbons (Fsp3) is 0.333. The monoisotopic (exact) mass is 299 g/mol. The number of carbonyl (C=O) groups is 1. The van der Waals surface area contributed by atoms with Crippen LogP contribution in [0.15, 0.2) is 28.9 Å². The molecule has 1 amide bonds. The van der Waals surface area contributed by atoms with Gasteiger partial charge in [-0.15, -0.1) is 0 Å². The van der Waals surface area contributed by atoms with Gasteiger partial charge in [-0.25, -0.2) is 9.61 Å². The standard InChI is InChI=1S/C15H17N5O2/c1-9(2)8-20-12-7-5-4-6-11(12)17-15(20)13-14(16-10(3)21)19-22-18-13/h4-7,9H,8H2,1-3H3,(H,16,19,21). The van der Waals surface area contributed by atoms with Crippen LogP contribution in [0.2, 0.25) is 0 Å². The van der Waals surface area contributed by atoms with Crippen molar-refractivity contribution >= 4 is 22.8 Å². The Hall–Kier alpha value is -2.70. The van der Waals surface area contributed by atoms with Gasteiger partial charge in [0.1, 0.15) is 0 Å². The van der Waals surface area contributed by atoms with Gasteiger partial charge in [0.15, 0.2) is 11.5 Å². The quantitative estimate of drug-likeness (QED) is 0.800. The van der Waals surface area contributed by atoms with Crippen molar-refractivity contribution in [1.82, 2.24) is 19.9 Å². The van der Waals surface area contributed by atoms with Crippen LogP contribution >= 0.6 is 0 Å². The molecule has 3 aromatic rings. The molecule has 22 heavy (non-hydrogen) atoms. The zero-order valence-corrected chi connectivity index (χ0v) is 12.7. The summed E-state index contributed by atoms with van der Waals surface area (Å²) in [5, 5.41) is 10.3. The normalized spacial score (nSPS) is 11.3. The maximum atomic E-state index is 11.3. The summed E-state index contributed by atoms with van der Waals surface area (Å²) in [6.07, 6.45) is 0. The Morgan fingerprint density at radius 1 is 1.32 bits per heavy atom. The summed E-state index contributed by atoms with van der Waals surface area (Å²) in [5.74, 6) is 1.12. The smallest absolute Gasteiger partial charge is 0.222 e. The summed E-state index contributed by atoms with van der Waals surface area (Å²) in [7, 11) is 0. The highest BCUT2D eigenvalue weighted by Gasteiger charge is 2.21. The van der Waals surface area contributed by atoms with Crippen molar-refractivity contribution in [2.75, 3.05) is 5.32 Å². The van der Waals surface area contributed by atoms with E-state index in [4.69, 9.17) is 4.63 Å². The lowest BCUT2D eigenvalue weighted by Crippen LogP contribution is -2.10. The van der Waals surface area contributed by atoms with E-state index in [2.05, 4.69) is 39.0 Å². The Morgan fingerprint density at radius 3 is 2.82 bits per heavy atom. The number of para-hydroxylation sites is 2.